The Balaban J connectivity index is 1.74. The Labute approximate surface area is 191 Å². The molecule has 3 aromatic rings. The van der Waals surface area contributed by atoms with Gasteiger partial charge in [0.05, 0.1) is 12.1 Å². The maximum atomic E-state index is 13.7. The standard InChI is InChI=1S/C26H26F2N2O3/c1-17(31)20-8-5-9-21(13-20)26(33)30-24(12-19-10-22(27)14-23(28)11-19)25(32)16-29-15-18-6-3-2-4-7-18/h2-11,13-14,24-25,29,32H,12,15-16H2,1H3,(H,30,33)/t24-,25+/m0/s1. The highest BCUT2D eigenvalue weighted by Gasteiger charge is 2.23. The average Bonchev–Trinajstić information content (AvgIpc) is 2.78. The maximum absolute atomic E-state index is 13.7. The van der Waals surface area contributed by atoms with Crippen LogP contribution in [-0.4, -0.2) is 35.5 Å². The van der Waals surface area contributed by atoms with Crippen molar-refractivity contribution in [1.82, 2.24) is 10.6 Å². The first-order valence-electron chi connectivity index (χ1n) is 10.6. The van der Waals surface area contributed by atoms with E-state index in [2.05, 4.69) is 10.6 Å². The Morgan fingerprint density at radius 1 is 0.879 bits per heavy atom. The topological polar surface area (TPSA) is 78.4 Å². The van der Waals surface area contributed by atoms with Gasteiger partial charge in [0.15, 0.2) is 5.78 Å². The highest BCUT2D eigenvalue weighted by atomic mass is 19.1. The number of Topliss-reactive ketones (excluding diaryl/α,β-unsaturated/α-hetero) is 1. The molecule has 2 atom stereocenters. The summed E-state index contributed by atoms with van der Waals surface area (Å²) in [6, 6.07) is 18.1. The van der Waals surface area contributed by atoms with E-state index in [9.17, 15) is 23.5 Å². The SMILES string of the molecule is CC(=O)c1cccc(C(=O)N[C@@H](Cc2cc(F)cc(F)c2)[C@H](O)CNCc2ccccc2)c1. The lowest BCUT2D eigenvalue weighted by Crippen LogP contribution is -2.48. The number of aliphatic hydroxyl groups is 1. The molecule has 33 heavy (non-hydrogen) atoms. The third kappa shape index (κ3) is 7.30. The summed E-state index contributed by atoms with van der Waals surface area (Å²) in [6.07, 6.45) is -1.03. The number of nitrogens with one attached hydrogen (secondary N) is 2. The number of hydrogen-bond donors (Lipinski definition) is 3. The minimum atomic E-state index is -1.04. The summed E-state index contributed by atoms with van der Waals surface area (Å²) in [7, 11) is 0. The fourth-order valence-electron chi connectivity index (χ4n) is 3.50. The van der Waals surface area contributed by atoms with Gasteiger partial charge in [0.1, 0.15) is 11.6 Å². The van der Waals surface area contributed by atoms with E-state index in [4.69, 9.17) is 0 Å². The monoisotopic (exact) mass is 452 g/mol. The third-order valence-electron chi connectivity index (χ3n) is 5.22. The van der Waals surface area contributed by atoms with E-state index in [0.29, 0.717) is 17.7 Å². The van der Waals surface area contributed by atoms with Crippen molar-refractivity contribution in [3.8, 4) is 0 Å². The number of halogens is 2. The molecule has 0 aliphatic carbocycles. The van der Waals surface area contributed by atoms with Crippen LogP contribution >= 0.6 is 0 Å². The zero-order valence-corrected chi connectivity index (χ0v) is 18.2. The lowest BCUT2D eigenvalue weighted by molar-refractivity contribution is 0.0830. The number of rotatable bonds is 10. The first-order valence-corrected chi connectivity index (χ1v) is 10.6. The van der Waals surface area contributed by atoms with Crippen LogP contribution < -0.4 is 10.6 Å². The molecule has 5 nitrogen and oxygen atoms in total. The van der Waals surface area contributed by atoms with Crippen molar-refractivity contribution in [3.05, 3.63) is 107 Å². The van der Waals surface area contributed by atoms with Crippen LogP contribution in [0.15, 0.2) is 72.8 Å². The number of hydrogen-bond acceptors (Lipinski definition) is 4. The molecule has 0 saturated heterocycles. The fraction of sp³-hybridized carbons (Fsp3) is 0.231. The Morgan fingerprint density at radius 3 is 2.21 bits per heavy atom. The predicted molar refractivity (Wildman–Crippen MR) is 122 cm³/mol. The van der Waals surface area contributed by atoms with Crippen molar-refractivity contribution in [2.75, 3.05) is 6.54 Å². The molecule has 0 aliphatic heterocycles. The lowest BCUT2D eigenvalue weighted by Gasteiger charge is -2.25. The molecule has 0 saturated carbocycles. The van der Waals surface area contributed by atoms with Gasteiger partial charge in [-0.25, -0.2) is 8.78 Å². The quantitative estimate of drug-likeness (QED) is 0.410. The summed E-state index contributed by atoms with van der Waals surface area (Å²) in [5.74, 6) is -2.15. The molecule has 0 aliphatic rings. The van der Waals surface area contributed by atoms with Crippen LogP contribution in [0.4, 0.5) is 8.78 Å². The summed E-state index contributed by atoms with van der Waals surface area (Å²) in [4.78, 5) is 24.5. The molecule has 172 valence electrons. The number of carbonyl (C=O) groups excluding carboxylic acids is 2. The van der Waals surface area contributed by atoms with Gasteiger partial charge < -0.3 is 15.7 Å². The molecule has 1 amide bonds. The highest BCUT2D eigenvalue weighted by molar-refractivity contribution is 5.99. The Morgan fingerprint density at radius 2 is 1.55 bits per heavy atom. The van der Waals surface area contributed by atoms with Crippen molar-refractivity contribution >= 4 is 11.7 Å². The van der Waals surface area contributed by atoms with Crippen LogP contribution in [0.5, 0.6) is 0 Å². The fourth-order valence-corrected chi connectivity index (χ4v) is 3.50. The van der Waals surface area contributed by atoms with Gasteiger partial charge in [0, 0.05) is 30.3 Å². The number of aliphatic hydroxyl groups excluding tert-OH is 1. The molecule has 3 N–H and O–H groups in total. The van der Waals surface area contributed by atoms with Gasteiger partial charge in [-0.1, -0.05) is 42.5 Å². The summed E-state index contributed by atoms with van der Waals surface area (Å²) < 4.78 is 27.4. The summed E-state index contributed by atoms with van der Waals surface area (Å²) in [6.45, 7) is 2.05. The molecule has 3 aromatic carbocycles. The largest absolute Gasteiger partial charge is 0.390 e. The Hall–Kier alpha value is -3.42. The van der Waals surface area contributed by atoms with Crippen LogP contribution in [0.2, 0.25) is 0 Å². The molecule has 0 aromatic heterocycles. The number of benzene rings is 3. The smallest absolute Gasteiger partial charge is 0.251 e. The summed E-state index contributed by atoms with van der Waals surface area (Å²) >= 11 is 0. The molecular formula is C26H26F2N2O3. The Bertz CT molecular complexity index is 1090. The second kappa shape index (κ2) is 11.4. The molecule has 0 heterocycles. The molecule has 0 fully saturated rings. The first kappa shape index (κ1) is 24.2. The van der Waals surface area contributed by atoms with Crippen molar-refractivity contribution in [2.24, 2.45) is 0 Å². The minimum absolute atomic E-state index is 0.0149. The van der Waals surface area contributed by atoms with Crippen molar-refractivity contribution < 1.29 is 23.5 Å². The zero-order chi connectivity index (χ0) is 23.8. The molecule has 0 unspecified atom stereocenters. The number of ketones is 1. The van der Waals surface area contributed by atoms with Crippen molar-refractivity contribution in [3.63, 3.8) is 0 Å². The molecular weight excluding hydrogens is 426 g/mol. The summed E-state index contributed by atoms with van der Waals surface area (Å²) in [5.41, 5.74) is 1.97. The number of amides is 1. The van der Waals surface area contributed by atoms with Crippen molar-refractivity contribution in [1.29, 1.82) is 0 Å². The van der Waals surface area contributed by atoms with E-state index in [1.807, 2.05) is 30.3 Å². The van der Waals surface area contributed by atoms with E-state index < -0.39 is 29.7 Å². The van der Waals surface area contributed by atoms with Crippen LogP contribution in [0.3, 0.4) is 0 Å². The van der Waals surface area contributed by atoms with Gasteiger partial charge in [0.25, 0.3) is 5.91 Å². The van der Waals surface area contributed by atoms with Gasteiger partial charge in [0.2, 0.25) is 0 Å². The van der Waals surface area contributed by atoms with Gasteiger partial charge in [-0.05, 0) is 48.7 Å². The second-order valence-corrected chi connectivity index (χ2v) is 7.88. The van der Waals surface area contributed by atoms with Crippen molar-refractivity contribution in [2.45, 2.75) is 32.0 Å². The van der Waals surface area contributed by atoms with E-state index in [0.717, 1.165) is 11.6 Å². The maximum Gasteiger partial charge on any atom is 0.251 e. The molecule has 0 radical (unpaired) electrons. The van der Waals surface area contributed by atoms with Crippen LogP contribution in [0.25, 0.3) is 0 Å². The second-order valence-electron chi connectivity index (χ2n) is 7.88. The number of carbonyl (C=O) groups is 2. The zero-order valence-electron chi connectivity index (χ0n) is 18.2. The summed E-state index contributed by atoms with van der Waals surface area (Å²) in [5, 5.41) is 16.7. The highest BCUT2D eigenvalue weighted by Crippen LogP contribution is 2.13. The van der Waals surface area contributed by atoms with Crippen LogP contribution in [0.1, 0.15) is 38.8 Å². The minimum Gasteiger partial charge on any atom is -0.390 e. The molecule has 7 heteroatoms. The van der Waals surface area contributed by atoms with E-state index >= 15 is 0 Å². The Kier molecular flexibility index (Phi) is 8.40. The normalized spacial score (nSPS) is 12.7. The average molecular weight is 453 g/mol. The van der Waals surface area contributed by atoms with E-state index in [1.165, 1.54) is 25.1 Å². The first-order chi connectivity index (χ1) is 15.8. The lowest BCUT2D eigenvalue weighted by atomic mass is 9.99. The predicted octanol–water partition coefficient (Wildman–Crippen LogP) is 3.66. The molecule has 3 rings (SSSR count). The third-order valence-corrected chi connectivity index (χ3v) is 5.22. The molecule has 0 spiro atoms. The van der Waals surface area contributed by atoms with Gasteiger partial charge in [-0.15, -0.1) is 0 Å². The van der Waals surface area contributed by atoms with Crippen LogP contribution in [0, 0.1) is 11.6 Å². The molecule has 0 bridgehead atoms. The van der Waals surface area contributed by atoms with Gasteiger partial charge in [-0.2, -0.15) is 0 Å². The van der Waals surface area contributed by atoms with Gasteiger partial charge >= 0.3 is 0 Å². The van der Waals surface area contributed by atoms with E-state index in [-0.39, 0.29) is 24.3 Å². The van der Waals surface area contributed by atoms with E-state index in [1.54, 1.807) is 18.2 Å². The van der Waals surface area contributed by atoms with Crippen LogP contribution in [-0.2, 0) is 13.0 Å². The van der Waals surface area contributed by atoms with Gasteiger partial charge in [-0.3, -0.25) is 9.59 Å².